The molecule has 2 rings (SSSR count). The molecule has 0 aliphatic rings. The summed E-state index contributed by atoms with van der Waals surface area (Å²) in [4.78, 5) is 21.5. The summed E-state index contributed by atoms with van der Waals surface area (Å²) in [5.41, 5.74) is 0.475. The maximum absolute atomic E-state index is 12.1. The lowest BCUT2D eigenvalue weighted by Gasteiger charge is -2.15. The number of pyridine rings is 2. The first kappa shape index (κ1) is 11.5. The molecule has 0 aliphatic carbocycles. The van der Waals surface area contributed by atoms with Gasteiger partial charge in [0.25, 0.3) is 5.91 Å². The zero-order valence-electron chi connectivity index (χ0n) is 9.17. The number of halogens is 1. The Labute approximate surface area is 104 Å². The summed E-state index contributed by atoms with van der Waals surface area (Å²) in [6.45, 7) is 0. The zero-order valence-corrected chi connectivity index (χ0v) is 9.93. The van der Waals surface area contributed by atoms with Gasteiger partial charge in [0.2, 0.25) is 0 Å². The van der Waals surface area contributed by atoms with E-state index in [9.17, 15) is 4.79 Å². The molecule has 0 saturated heterocycles. The van der Waals surface area contributed by atoms with Crippen LogP contribution in [0.15, 0.2) is 42.7 Å². The smallest absolute Gasteiger partial charge is 0.260 e. The third kappa shape index (κ3) is 2.60. The Morgan fingerprint density at radius 3 is 2.65 bits per heavy atom. The standard InChI is InChI=1S/C12H10ClN3O/c1-16(11-4-2-3-7-14-11)12(17)9-5-6-10(13)15-8-9/h2-8H,1H3. The van der Waals surface area contributed by atoms with Gasteiger partial charge in [0.05, 0.1) is 5.56 Å². The molecule has 0 aliphatic heterocycles. The number of carbonyl (C=O) groups excluding carboxylic acids is 1. The second-order valence-electron chi connectivity index (χ2n) is 3.42. The van der Waals surface area contributed by atoms with Crippen LogP contribution in [-0.2, 0) is 0 Å². The number of rotatable bonds is 2. The Hall–Kier alpha value is -1.94. The molecular weight excluding hydrogens is 238 g/mol. The Morgan fingerprint density at radius 2 is 2.06 bits per heavy atom. The molecule has 2 aromatic heterocycles. The van der Waals surface area contributed by atoms with Gasteiger partial charge in [-0.1, -0.05) is 17.7 Å². The number of hydrogen-bond donors (Lipinski definition) is 0. The highest BCUT2D eigenvalue weighted by Gasteiger charge is 2.14. The van der Waals surface area contributed by atoms with Gasteiger partial charge in [-0.2, -0.15) is 0 Å². The number of aromatic nitrogens is 2. The van der Waals surface area contributed by atoms with Crippen molar-refractivity contribution in [2.45, 2.75) is 0 Å². The van der Waals surface area contributed by atoms with E-state index in [1.807, 2.05) is 6.07 Å². The molecule has 0 atom stereocenters. The number of hydrogen-bond acceptors (Lipinski definition) is 3. The van der Waals surface area contributed by atoms with E-state index < -0.39 is 0 Å². The fraction of sp³-hybridized carbons (Fsp3) is 0.0833. The van der Waals surface area contributed by atoms with Crippen LogP contribution >= 0.6 is 11.6 Å². The topological polar surface area (TPSA) is 46.1 Å². The summed E-state index contributed by atoms with van der Waals surface area (Å²) in [6, 6.07) is 8.61. The first-order valence-corrected chi connectivity index (χ1v) is 5.37. The summed E-state index contributed by atoms with van der Waals surface area (Å²) in [6.07, 6.45) is 3.09. The average molecular weight is 248 g/mol. The van der Waals surface area contributed by atoms with E-state index in [0.29, 0.717) is 16.5 Å². The van der Waals surface area contributed by atoms with Crippen molar-refractivity contribution in [1.29, 1.82) is 0 Å². The number of anilines is 1. The van der Waals surface area contributed by atoms with E-state index in [1.165, 1.54) is 11.1 Å². The molecule has 5 heteroatoms. The largest absolute Gasteiger partial charge is 0.296 e. The fourth-order valence-corrected chi connectivity index (χ4v) is 1.46. The van der Waals surface area contributed by atoms with Gasteiger partial charge < -0.3 is 0 Å². The van der Waals surface area contributed by atoms with E-state index >= 15 is 0 Å². The van der Waals surface area contributed by atoms with Crippen LogP contribution in [0.1, 0.15) is 10.4 Å². The molecule has 4 nitrogen and oxygen atoms in total. The van der Waals surface area contributed by atoms with Crippen molar-refractivity contribution in [2.24, 2.45) is 0 Å². The quantitative estimate of drug-likeness (QED) is 0.766. The first-order chi connectivity index (χ1) is 8.18. The van der Waals surface area contributed by atoms with E-state index in [-0.39, 0.29) is 5.91 Å². The molecule has 0 N–H and O–H groups in total. The van der Waals surface area contributed by atoms with E-state index in [0.717, 1.165) is 0 Å². The second kappa shape index (κ2) is 4.93. The van der Waals surface area contributed by atoms with E-state index in [1.54, 1.807) is 37.5 Å². The fourth-order valence-electron chi connectivity index (χ4n) is 1.35. The molecule has 0 radical (unpaired) electrons. The molecule has 0 aromatic carbocycles. The van der Waals surface area contributed by atoms with Crippen molar-refractivity contribution in [2.75, 3.05) is 11.9 Å². The van der Waals surface area contributed by atoms with Crippen molar-refractivity contribution in [3.8, 4) is 0 Å². The minimum Gasteiger partial charge on any atom is -0.296 e. The molecule has 2 heterocycles. The minimum atomic E-state index is -0.173. The van der Waals surface area contributed by atoms with Crippen molar-refractivity contribution in [1.82, 2.24) is 9.97 Å². The summed E-state index contributed by atoms with van der Waals surface area (Å²) >= 11 is 5.66. The van der Waals surface area contributed by atoms with Gasteiger partial charge in [-0.25, -0.2) is 9.97 Å². The normalized spacial score (nSPS) is 10.0. The Balaban J connectivity index is 2.23. The molecule has 0 spiro atoms. The maximum Gasteiger partial charge on any atom is 0.260 e. The molecule has 0 fully saturated rings. The predicted molar refractivity (Wildman–Crippen MR) is 66.2 cm³/mol. The maximum atomic E-state index is 12.1. The first-order valence-electron chi connectivity index (χ1n) is 4.99. The Kier molecular flexibility index (Phi) is 3.35. The summed E-state index contributed by atoms with van der Waals surface area (Å²) in [5, 5.41) is 0.363. The van der Waals surface area contributed by atoms with Gasteiger partial charge >= 0.3 is 0 Å². The highest BCUT2D eigenvalue weighted by Crippen LogP contribution is 2.12. The SMILES string of the molecule is CN(C(=O)c1ccc(Cl)nc1)c1ccccn1. The van der Waals surface area contributed by atoms with Crippen LogP contribution in [0.2, 0.25) is 5.15 Å². The van der Waals surface area contributed by atoms with Gasteiger partial charge in [0, 0.05) is 19.4 Å². The number of nitrogens with zero attached hydrogens (tertiary/aromatic N) is 3. The van der Waals surface area contributed by atoms with Crippen molar-refractivity contribution in [3.63, 3.8) is 0 Å². The summed E-state index contributed by atoms with van der Waals surface area (Å²) < 4.78 is 0. The van der Waals surface area contributed by atoms with Gasteiger partial charge in [-0.15, -0.1) is 0 Å². The molecule has 1 amide bonds. The van der Waals surface area contributed by atoms with Crippen LogP contribution in [-0.4, -0.2) is 22.9 Å². The lowest BCUT2D eigenvalue weighted by atomic mass is 10.2. The monoisotopic (exact) mass is 247 g/mol. The van der Waals surface area contributed by atoms with Crippen LogP contribution in [0.5, 0.6) is 0 Å². The zero-order chi connectivity index (χ0) is 12.3. The van der Waals surface area contributed by atoms with Gasteiger partial charge in [0.1, 0.15) is 11.0 Å². The summed E-state index contributed by atoms with van der Waals surface area (Å²) in [7, 11) is 1.67. The third-order valence-electron chi connectivity index (χ3n) is 2.27. The molecule has 2 aromatic rings. The molecule has 86 valence electrons. The van der Waals surface area contributed by atoms with Gasteiger partial charge in [0.15, 0.2) is 0 Å². The average Bonchev–Trinajstić information content (AvgIpc) is 2.39. The lowest BCUT2D eigenvalue weighted by molar-refractivity contribution is 0.0992. The lowest BCUT2D eigenvalue weighted by Crippen LogP contribution is -2.27. The summed E-state index contributed by atoms with van der Waals surface area (Å²) in [5.74, 6) is 0.417. The van der Waals surface area contributed by atoms with Crippen LogP contribution in [0.3, 0.4) is 0 Å². The molecule has 17 heavy (non-hydrogen) atoms. The van der Waals surface area contributed by atoms with Gasteiger partial charge in [-0.3, -0.25) is 9.69 Å². The molecule has 0 saturated carbocycles. The van der Waals surface area contributed by atoms with Crippen molar-refractivity contribution < 1.29 is 4.79 Å². The second-order valence-corrected chi connectivity index (χ2v) is 3.81. The third-order valence-corrected chi connectivity index (χ3v) is 2.50. The van der Waals surface area contributed by atoms with Crippen LogP contribution in [0, 0.1) is 0 Å². The highest BCUT2D eigenvalue weighted by molar-refractivity contribution is 6.29. The Bertz CT molecular complexity index is 513. The minimum absolute atomic E-state index is 0.173. The number of carbonyl (C=O) groups is 1. The van der Waals surface area contributed by atoms with Crippen LogP contribution < -0.4 is 4.90 Å². The number of amides is 1. The molecule has 0 bridgehead atoms. The Morgan fingerprint density at radius 1 is 1.24 bits per heavy atom. The predicted octanol–water partition coefficient (Wildman–Crippen LogP) is 2.41. The van der Waals surface area contributed by atoms with Crippen molar-refractivity contribution >= 4 is 23.3 Å². The van der Waals surface area contributed by atoms with E-state index in [4.69, 9.17) is 11.6 Å². The van der Waals surface area contributed by atoms with Crippen LogP contribution in [0.25, 0.3) is 0 Å². The van der Waals surface area contributed by atoms with Crippen molar-refractivity contribution in [3.05, 3.63) is 53.4 Å². The highest BCUT2D eigenvalue weighted by atomic mass is 35.5. The van der Waals surface area contributed by atoms with Gasteiger partial charge in [-0.05, 0) is 24.3 Å². The molecular formula is C12H10ClN3O. The van der Waals surface area contributed by atoms with E-state index in [2.05, 4.69) is 9.97 Å². The molecule has 0 unspecified atom stereocenters. The van der Waals surface area contributed by atoms with Crippen LogP contribution in [0.4, 0.5) is 5.82 Å².